The Morgan fingerprint density at radius 2 is 2.05 bits per heavy atom. The predicted octanol–water partition coefficient (Wildman–Crippen LogP) is 1.34. The summed E-state index contributed by atoms with van der Waals surface area (Å²) in [4.78, 5) is 10.4. The van der Waals surface area contributed by atoms with E-state index < -0.39 is 22.3 Å². The molecule has 0 radical (unpaired) electrons. The fourth-order valence-electron chi connectivity index (χ4n) is 1.94. The number of anilines is 1. The topological polar surface area (TPSA) is 102 Å². The third kappa shape index (κ3) is 5.00. The number of hydrogen-bond donors (Lipinski definition) is 2. The first-order chi connectivity index (χ1) is 9.96. The molecule has 0 amide bonds. The second kappa shape index (κ2) is 6.88. The van der Waals surface area contributed by atoms with E-state index in [2.05, 4.69) is 4.72 Å². The van der Waals surface area contributed by atoms with Crippen molar-refractivity contribution in [3.63, 3.8) is 0 Å². The molecule has 2 rings (SSSR count). The molecule has 0 saturated carbocycles. The molecule has 1 aliphatic rings. The first-order valence-corrected chi connectivity index (χ1v) is 8.17. The molecule has 8 heteroatoms. The first kappa shape index (κ1) is 15.7. The monoisotopic (exact) mass is 315 g/mol. The maximum Gasteiger partial charge on any atom is 0.303 e. The van der Waals surface area contributed by atoms with Crippen LogP contribution in [0.15, 0.2) is 24.3 Å². The number of rotatable bonds is 7. The zero-order valence-electron chi connectivity index (χ0n) is 11.3. The van der Waals surface area contributed by atoms with E-state index in [-0.39, 0.29) is 18.6 Å². The van der Waals surface area contributed by atoms with Crippen LogP contribution in [0.3, 0.4) is 0 Å². The zero-order valence-corrected chi connectivity index (χ0v) is 12.1. The number of hydrogen-bond acceptors (Lipinski definition) is 5. The summed E-state index contributed by atoms with van der Waals surface area (Å²) in [5.41, 5.74) is 1.14. The number of nitrogens with one attached hydrogen (secondary N) is 1. The number of sulfonamides is 1. The molecule has 1 saturated heterocycles. The van der Waals surface area contributed by atoms with Crippen LogP contribution in [0.2, 0.25) is 0 Å². The van der Waals surface area contributed by atoms with E-state index in [1.165, 1.54) is 0 Å². The Bertz CT molecular complexity index is 594. The molecule has 0 spiro atoms. The second-order valence-electron chi connectivity index (χ2n) is 4.62. The summed E-state index contributed by atoms with van der Waals surface area (Å²) < 4.78 is 36.8. The lowest BCUT2D eigenvalue weighted by Gasteiger charge is -2.12. The molecule has 1 fully saturated rings. The lowest BCUT2D eigenvalue weighted by molar-refractivity contribution is -0.137. The highest BCUT2D eigenvalue weighted by Crippen LogP contribution is 2.25. The SMILES string of the molecule is O=C(O)CCCS(=O)(=O)Nc1cccc(C2OCCO2)c1. The molecule has 1 heterocycles. The Balaban J connectivity index is 1.98. The molecule has 116 valence electrons. The van der Waals surface area contributed by atoms with Crippen molar-refractivity contribution >= 4 is 21.7 Å². The molecule has 0 aromatic heterocycles. The largest absolute Gasteiger partial charge is 0.481 e. The molecule has 1 aromatic rings. The van der Waals surface area contributed by atoms with Crippen LogP contribution in [0.5, 0.6) is 0 Å². The molecule has 21 heavy (non-hydrogen) atoms. The van der Waals surface area contributed by atoms with Gasteiger partial charge in [0.2, 0.25) is 10.0 Å². The number of benzene rings is 1. The van der Waals surface area contributed by atoms with Gasteiger partial charge in [0.25, 0.3) is 0 Å². The van der Waals surface area contributed by atoms with Gasteiger partial charge in [-0.15, -0.1) is 0 Å². The van der Waals surface area contributed by atoms with Crippen LogP contribution >= 0.6 is 0 Å². The summed E-state index contributed by atoms with van der Waals surface area (Å²) in [5, 5.41) is 8.51. The van der Waals surface area contributed by atoms with E-state index in [1.54, 1.807) is 24.3 Å². The number of ether oxygens (including phenoxy) is 2. The van der Waals surface area contributed by atoms with Crippen LogP contribution in [0.4, 0.5) is 5.69 Å². The van der Waals surface area contributed by atoms with Crippen LogP contribution in [0.25, 0.3) is 0 Å². The van der Waals surface area contributed by atoms with Crippen LogP contribution in [-0.4, -0.2) is 38.5 Å². The Morgan fingerprint density at radius 1 is 1.33 bits per heavy atom. The number of aliphatic carboxylic acids is 1. The van der Waals surface area contributed by atoms with Crippen LogP contribution in [0, 0.1) is 0 Å². The van der Waals surface area contributed by atoms with Gasteiger partial charge in [-0.25, -0.2) is 8.42 Å². The van der Waals surface area contributed by atoms with Gasteiger partial charge in [-0.1, -0.05) is 12.1 Å². The van der Waals surface area contributed by atoms with Crippen molar-refractivity contribution < 1.29 is 27.8 Å². The van der Waals surface area contributed by atoms with Gasteiger partial charge >= 0.3 is 5.97 Å². The Kier molecular flexibility index (Phi) is 5.16. The lowest BCUT2D eigenvalue weighted by Crippen LogP contribution is -2.17. The zero-order chi connectivity index (χ0) is 15.3. The smallest absolute Gasteiger partial charge is 0.303 e. The van der Waals surface area contributed by atoms with Gasteiger partial charge in [-0.3, -0.25) is 9.52 Å². The summed E-state index contributed by atoms with van der Waals surface area (Å²) in [6.45, 7) is 1.02. The molecule has 0 atom stereocenters. The third-order valence-electron chi connectivity index (χ3n) is 2.86. The standard InChI is InChI=1S/C13H17NO6S/c15-12(16)5-2-8-21(17,18)14-11-4-1-3-10(9-11)13-19-6-7-20-13/h1,3-4,9,13-14H,2,5-8H2,(H,15,16). The summed E-state index contributed by atoms with van der Waals surface area (Å²) in [6, 6.07) is 6.76. The number of carbonyl (C=O) groups is 1. The van der Waals surface area contributed by atoms with Crippen LogP contribution in [0.1, 0.15) is 24.7 Å². The van der Waals surface area contributed by atoms with Gasteiger partial charge < -0.3 is 14.6 Å². The van der Waals surface area contributed by atoms with Gasteiger partial charge in [0.15, 0.2) is 6.29 Å². The van der Waals surface area contributed by atoms with Crippen molar-refractivity contribution in [1.82, 2.24) is 0 Å². The second-order valence-corrected chi connectivity index (χ2v) is 6.46. The van der Waals surface area contributed by atoms with Crippen LogP contribution in [-0.2, 0) is 24.3 Å². The minimum absolute atomic E-state index is 0.0687. The maximum atomic E-state index is 11.8. The van der Waals surface area contributed by atoms with Crippen molar-refractivity contribution in [3.05, 3.63) is 29.8 Å². The normalized spacial score (nSPS) is 16.0. The van der Waals surface area contributed by atoms with Crippen LogP contribution < -0.4 is 4.72 Å². The number of carboxylic acids is 1. The van der Waals surface area contributed by atoms with Gasteiger partial charge in [0, 0.05) is 17.7 Å². The van der Waals surface area contributed by atoms with Crippen molar-refractivity contribution in [2.75, 3.05) is 23.7 Å². The highest BCUT2D eigenvalue weighted by Gasteiger charge is 2.19. The molecule has 1 aliphatic heterocycles. The molecule has 0 aliphatic carbocycles. The minimum Gasteiger partial charge on any atom is -0.481 e. The number of carboxylic acid groups (broad SMARTS) is 1. The van der Waals surface area contributed by atoms with Gasteiger partial charge in [0.1, 0.15) is 0 Å². The van der Waals surface area contributed by atoms with Crippen molar-refractivity contribution in [2.24, 2.45) is 0 Å². The van der Waals surface area contributed by atoms with E-state index in [0.29, 0.717) is 18.9 Å². The molecule has 0 unspecified atom stereocenters. The molecule has 0 bridgehead atoms. The van der Waals surface area contributed by atoms with E-state index in [4.69, 9.17) is 14.6 Å². The highest BCUT2D eigenvalue weighted by molar-refractivity contribution is 7.92. The average Bonchev–Trinajstić information content (AvgIpc) is 2.91. The Labute approximate surface area is 122 Å². The summed E-state index contributed by atoms with van der Waals surface area (Å²) in [7, 11) is -3.57. The fraction of sp³-hybridized carbons (Fsp3) is 0.462. The quantitative estimate of drug-likeness (QED) is 0.787. The highest BCUT2D eigenvalue weighted by atomic mass is 32.2. The van der Waals surface area contributed by atoms with E-state index in [9.17, 15) is 13.2 Å². The van der Waals surface area contributed by atoms with Crippen molar-refractivity contribution in [3.8, 4) is 0 Å². The third-order valence-corrected chi connectivity index (χ3v) is 4.23. The Morgan fingerprint density at radius 3 is 2.71 bits per heavy atom. The molecule has 7 nitrogen and oxygen atoms in total. The van der Waals surface area contributed by atoms with Gasteiger partial charge in [-0.05, 0) is 18.6 Å². The fourth-order valence-corrected chi connectivity index (χ4v) is 3.06. The van der Waals surface area contributed by atoms with Crippen molar-refractivity contribution in [1.29, 1.82) is 0 Å². The van der Waals surface area contributed by atoms with Gasteiger partial charge in [0.05, 0.1) is 19.0 Å². The van der Waals surface area contributed by atoms with Crippen molar-refractivity contribution in [2.45, 2.75) is 19.1 Å². The molecular weight excluding hydrogens is 298 g/mol. The van der Waals surface area contributed by atoms with E-state index >= 15 is 0 Å². The Hall–Kier alpha value is -1.64. The molecule has 2 N–H and O–H groups in total. The molecular formula is C13H17NO6S. The summed E-state index contributed by atoms with van der Waals surface area (Å²) in [6.07, 6.45) is -0.578. The van der Waals surface area contributed by atoms with E-state index in [0.717, 1.165) is 5.56 Å². The minimum atomic E-state index is -3.57. The lowest BCUT2D eigenvalue weighted by atomic mass is 10.2. The predicted molar refractivity (Wildman–Crippen MR) is 75.4 cm³/mol. The molecule has 1 aromatic carbocycles. The summed E-state index contributed by atoms with van der Waals surface area (Å²) >= 11 is 0. The van der Waals surface area contributed by atoms with Gasteiger partial charge in [-0.2, -0.15) is 0 Å². The van der Waals surface area contributed by atoms with E-state index in [1.807, 2.05) is 0 Å². The summed E-state index contributed by atoms with van der Waals surface area (Å²) in [5.74, 6) is -1.25. The maximum absolute atomic E-state index is 11.8. The average molecular weight is 315 g/mol. The first-order valence-electron chi connectivity index (χ1n) is 6.52.